The predicted octanol–water partition coefficient (Wildman–Crippen LogP) is 4.30. The number of nitrogens with zero attached hydrogens (tertiary/aromatic N) is 5. The molecule has 35 heavy (non-hydrogen) atoms. The minimum atomic E-state index is -0.171. The maximum absolute atomic E-state index is 13.6. The van der Waals surface area contributed by atoms with E-state index in [0.717, 1.165) is 50.3 Å². The van der Waals surface area contributed by atoms with Crippen LogP contribution in [-0.2, 0) is 4.74 Å². The third-order valence-electron chi connectivity index (χ3n) is 7.09. The SMILES string of the molecule is CCN(C(=O)c1cccc(Nc2ncccn2)c1)[C@@H]1CCOC2(CCN(c3ccccn3)CC2)C1. The van der Waals surface area contributed by atoms with Crippen LogP contribution in [0.4, 0.5) is 17.5 Å². The quantitative estimate of drug-likeness (QED) is 0.573. The first kappa shape index (κ1) is 23.2. The number of aromatic nitrogens is 3. The van der Waals surface area contributed by atoms with Crippen LogP contribution in [0.3, 0.4) is 0 Å². The molecule has 0 unspecified atom stereocenters. The van der Waals surface area contributed by atoms with E-state index in [0.29, 0.717) is 24.7 Å². The molecule has 182 valence electrons. The van der Waals surface area contributed by atoms with Crippen molar-refractivity contribution in [2.24, 2.45) is 0 Å². The average molecular weight is 473 g/mol. The van der Waals surface area contributed by atoms with E-state index in [2.05, 4.69) is 38.2 Å². The van der Waals surface area contributed by atoms with Crippen LogP contribution in [0, 0.1) is 0 Å². The van der Waals surface area contributed by atoms with Crippen LogP contribution in [0.15, 0.2) is 67.1 Å². The van der Waals surface area contributed by atoms with Gasteiger partial charge in [-0.1, -0.05) is 12.1 Å². The van der Waals surface area contributed by atoms with Crippen LogP contribution in [0.2, 0.25) is 0 Å². The fourth-order valence-corrected chi connectivity index (χ4v) is 5.26. The Balaban J connectivity index is 1.26. The lowest BCUT2D eigenvalue weighted by molar-refractivity contribution is -0.113. The summed E-state index contributed by atoms with van der Waals surface area (Å²) in [6, 6.07) is 15.5. The molecule has 0 radical (unpaired) electrons. The van der Waals surface area contributed by atoms with Gasteiger partial charge in [-0.2, -0.15) is 0 Å². The summed E-state index contributed by atoms with van der Waals surface area (Å²) in [5.74, 6) is 1.58. The number of rotatable bonds is 6. The smallest absolute Gasteiger partial charge is 0.254 e. The Hall–Kier alpha value is -3.52. The van der Waals surface area contributed by atoms with Gasteiger partial charge < -0.3 is 19.9 Å². The van der Waals surface area contributed by atoms with E-state index in [-0.39, 0.29) is 17.6 Å². The first-order chi connectivity index (χ1) is 17.2. The maximum Gasteiger partial charge on any atom is 0.254 e. The summed E-state index contributed by atoms with van der Waals surface area (Å²) in [6.45, 7) is 5.24. The van der Waals surface area contributed by atoms with E-state index in [1.807, 2.05) is 47.5 Å². The van der Waals surface area contributed by atoms with Crippen molar-refractivity contribution in [1.82, 2.24) is 19.9 Å². The van der Waals surface area contributed by atoms with Crippen LogP contribution >= 0.6 is 0 Å². The van der Waals surface area contributed by atoms with Crippen LogP contribution in [-0.4, -0.2) is 63.6 Å². The molecule has 2 fully saturated rings. The third kappa shape index (κ3) is 5.27. The van der Waals surface area contributed by atoms with Crippen molar-refractivity contribution in [3.05, 3.63) is 72.7 Å². The summed E-state index contributed by atoms with van der Waals surface area (Å²) < 4.78 is 6.38. The highest BCUT2D eigenvalue weighted by molar-refractivity contribution is 5.95. The standard InChI is InChI=1S/C27H32N6O2/c1-2-33(25(34)21-7-5-8-22(19-21)31-26-29-14-6-15-30-26)23-10-18-35-27(20-23)11-16-32(17-12-27)24-9-3-4-13-28-24/h3-9,13-15,19,23H,2,10-12,16-18,20H2,1H3,(H,29,30,31)/t23-/m1/s1. The molecule has 4 heterocycles. The zero-order chi connectivity index (χ0) is 24.1. The van der Waals surface area contributed by atoms with Crippen molar-refractivity contribution >= 4 is 23.4 Å². The summed E-state index contributed by atoms with van der Waals surface area (Å²) in [6.07, 6.45) is 8.84. The number of benzene rings is 1. The number of anilines is 3. The molecule has 2 aliphatic heterocycles. The van der Waals surface area contributed by atoms with Crippen LogP contribution in [0.25, 0.3) is 0 Å². The van der Waals surface area contributed by atoms with Crippen molar-refractivity contribution in [2.45, 2.75) is 44.2 Å². The number of hydrogen-bond donors (Lipinski definition) is 1. The van der Waals surface area contributed by atoms with Crippen molar-refractivity contribution in [3.63, 3.8) is 0 Å². The molecule has 1 aromatic carbocycles. The molecule has 1 amide bonds. The Morgan fingerprint density at radius 1 is 1.09 bits per heavy atom. The first-order valence-electron chi connectivity index (χ1n) is 12.4. The zero-order valence-electron chi connectivity index (χ0n) is 20.1. The molecular formula is C27H32N6O2. The number of hydrogen-bond acceptors (Lipinski definition) is 7. The lowest BCUT2D eigenvalue weighted by atomic mass is 9.81. The normalized spacial score (nSPS) is 19.3. The topological polar surface area (TPSA) is 83.5 Å². The second-order valence-corrected chi connectivity index (χ2v) is 9.22. The Labute approximate surface area is 206 Å². The molecule has 3 aromatic rings. The number of pyridine rings is 1. The summed E-state index contributed by atoms with van der Waals surface area (Å²) in [5, 5.41) is 3.18. The molecule has 0 saturated carbocycles. The van der Waals surface area contributed by atoms with E-state index in [1.165, 1.54) is 0 Å². The molecule has 1 N–H and O–H groups in total. The summed E-state index contributed by atoms with van der Waals surface area (Å²) in [4.78, 5) is 30.9. The van der Waals surface area contributed by atoms with Gasteiger partial charge in [-0.25, -0.2) is 15.0 Å². The highest BCUT2D eigenvalue weighted by atomic mass is 16.5. The Morgan fingerprint density at radius 2 is 1.89 bits per heavy atom. The second-order valence-electron chi connectivity index (χ2n) is 9.22. The molecule has 2 aliphatic rings. The summed E-state index contributed by atoms with van der Waals surface area (Å²) >= 11 is 0. The van der Waals surface area contributed by atoms with Gasteiger partial charge in [0.25, 0.3) is 5.91 Å². The van der Waals surface area contributed by atoms with Crippen molar-refractivity contribution in [2.75, 3.05) is 36.5 Å². The van der Waals surface area contributed by atoms with E-state index in [9.17, 15) is 4.79 Å². The fourth-order valence-electron chi connectivity index (χ4n) is 5.26. The molecule has 0 bridgehead atoms. The Bertz CT molecular complexity index is 1120. The number of piperidine rings is 1. The third-order valence-corrected chi connectivity index (χ3v) is 7.09. The van der Waals surface area contributed by atoms with Gasteiger partial charge in [-0.15, -0.1) is 0 Å². The van der Waals surface area contributed by atoms with Gasteiger partial charge in [-0.05, 0) is 69.0 Å². The van der Waals surface area contributed by atoms with Gasteiger partial charge in [0.1, 0.15) is 5.82 Å². The molecular weight excluding hydrogens is 440 g/mol. The van der Waals surface area contributed by atoms with Gasteiger partial charge in [0.15, 0.2) is 0 Å². The predicted molar refractivity (Wildman–Crippen MR) is 136 cm³/mol. The van der Waals surface area contributed by atoms with Crippen LogP contribution in [0.1, 0.15) is 43.0 Å². The molecule has 2 saturated heterocycles. The summed E-state index contributed by atoms with van der Waals surface area (Å²) in [5.41, 5.74) is 1.29. The first-order valence-corrected chi connectivity index (χ1v) is 12.4. The largest absolute Gasteiger partial charge is 0.375 e. The number of carbonyl (C=O) groups excluding carboxylic acids is 1. The van der Waals surface area contributed by atoms with Gasteiger partial charge in [0.05, 0.1) is 5.60 Å². The number of amides is 1. The molecule has 2 aromatic heterocycles. The van der Waals surface area contributed by atoms with Crippen LogP contribution in [0.5, 0.6) is 0 Å². The monoisotopic (exact) mass is 472 g/mol. The molecule has 1 atom stereocenters. The lowest BCUT2D eigenvalue weighted by Gasteiger charge is -2.48. The number of nitrogens with one attached hydrogen (secondary N) is 1. The van der Waals surface area contributed by atoms with Gasteiger partial charge in [0, 0.05) is 62.1 Å². The lowest BCUT2D eigenvalue weighted by Crippen LogP contribution is -2.54. The van der Waals surface area contributed by atoms with E-state index in [4.69, 9.17) is 4.74 Å². The van der Waals surface area contributed by atoms with E-state index < -0.39 is 0 Å². The fraction of sp³-hybridized carbons (Fsp3) is 0.407. The summed E-state index contributed by atoms with van der Waals surface area (Å²) in [7, 11) is 0. The minimum Gasteiger partial charge on any atom is -0.375 e. The molecule has 8 nitrogen and oxygen atoms in total. The Kier molecular flexibility index (Phi) is 6.90. The zero-order valence-corrected chi connectivity index (χ0v) is 20.1. The van der Waals surface area contributed by atoms with Crippen molar-refractivity contribution in [3.8, 4) is 0 Å². The maximum atomic E-state index is 13.6. The molecule has 8 heteroatoms. The highest BCUT2D eigenvalue weighted by Gasteiger charge is 2.42. The average Bonchev–Trinajstić information content (AvgIpc) is 2.91. The molecule has 0 aliphatic carbocycles. The molecule has 5 rings (SSSR count). The van der Waals surface area contributed by atoms with Gasteiger partial charge in [0.2, 0.25) is 5.95 Å². The van der Waals surface area contributed by atoms with Crippen molar-refractivity contribution < 1.29 is 9.53 Å². The number of ether oxygens (including phenoxy) is 1. The van der Waals surface area contributed by atoms with Crippen LogP contribution < -0.4 is 10.2 Å². The van der Waals surface area contributed by atoms with Gasteiger partial charge in [-0.3, -0.25) is 4.79 Å². The van der Waals surface area contributed by atoms with E-state index in [1.54, 1.807) is 18.5 Å². The highest BCUT2D eigenvalue weighted by Crippen LogP contribution is 2.38. The van der Waals surface area contributed by atoms with E-state index >= 15 is 0 Å². The second kappa shape index (κ2) is 10.4. The van der Waals surface area contributed by atoms with Gasteiger partial charge >= 0.3 is 0 Å². The van der Waals surface area contributed by atoms with Crippen molar-refractivity contribution in [1.29, 1.82) is 0 Å². The minimum absolute atomic E-state index is 0.0538. The Morgan fingerprint density at radius 3 is 2.63 bits per heavy atom. The molecule has 1 spiro atoms. The number of carbonyl (C=O) groups is 1.